The van der Waals surface area contributed by atoms with Crippen LogP contribution in [0.5, 0.6) is 0 Å². The molecule has 0 radical (unpaired) electrons. The van der Waals surface area contributed by atoms with Gasteiger partial charge in [-0.05, 0) is 36.1 Å². The van der Waals surface area contributed by atoms with E-state index in [-0.39, 0.29) is 0 Å². The van der Waals surface area contributed by atoms with E-state index < -0.39 is 0 Å². The molecule has 0 saturated carbocycles. The minimum atomic E-state index is 1.15. The molecular weight excluding hydrogens is 170 g/mol. The second kappa shape index (κ2) is 4.14. The Labute approximate surface area is 86.7 Å². The maximum Gasteiger partial charge on any atom is 0.0236 e. The molecule has 0 saturated heterocycles. The normalized spacial score (nSPS) is 16.7. The number of hydrogen-bond donors (Lipinski definition) is 0. The van der Waals surface area contributed by atoms with Gasteiger partial charge < -0.3 is 0 Å². The molecule has 0 atom stereocenters. The molecule has 0 unspecified atom stereocenters. The van der Waals surface area contributed by atoms with Crippen molar-refractivity contribution < 1.29 is 0 Å². The zero-order chi connectivity index (χ0) is 9.97. The van der Waals surface area contributed by atoms with Crippen LogP contribution in [0.3, 0.4) is 0 Å². The molecule has 76 valence electrons. The first kappa shape index (κ1) is 9.72. The minimum absolute atomic E-state index is 1.15. The molecule has 1 nitrogen and oxygen atoms in total. The van der Waals surface area contributed by atoms with Crippen LogP contribution in [0.1, 0.15) is 30.5 Å². The smallest absolute Gasteiger partial charge is 0.0236 e. The standard InChI is InChI=1S/C13H19N/c1-3-11-5-6-13-10-14(4-2)8-7-12(13)9-11/h5-6,9H,3-4,7-8,10H2,1-2H3. The molecule has 14 heavy (non-hydrogen) atoms. The molecule has 0 aliphatic carbocycles. The van der Waals surface area contributed by atoms with E-state index in [1.807, 2.05) is 0 Å². The molecule has 0 N–H and O–H groups in total. The Balaban J connectivity index is 2.23. The zero-order valence-electron chi connectivity index (χ0n) is 9.21. The molecule has 1 aromatic rings. The van der Waals surface area contributed by atoms with Gasteiger partial charge in [-0.25, -0.2) is 0 Å². The van der Waals surface area contributed by atoms with E-state index in [0.29, 0.717) is 0 Å². The summed E-state index contributed by atoms with van der Waals surface area (Å²) >= 11 is 0. The Bertz CT molecular complexity index is 317. The van der Waals surface area contributed by atoms with Crippen LogP contribution in [0, 0.1) is 0 Å². The average Bonchev–Trinajstić information content (AvgIpc) is 2.27. The van der Waals surface area contributed by atoms with Gasteiger partial charge in [0.05, 0.1) is 0 Å². The molecule has 2 rings (SSSR count). The highest BCUT2D eigenvalue weighted by atomic mass is 15.1. The van der Waals surface area contributed by atoms with Crippen molar-refractivity contribution in [1.82, 2.24) is 4.90 Å². The fourth-order valence-corrected chi connectivity index (χ4v) is 2.15. The van der Waals surface area contributed by atoms with E-state index in [1.165, 1.54) is 30.6 Å². The van der Waals surface area contributed by atoms with E-state index >= 15 is 0 Å². The third-order valence-electron chi connectivity index (χ3n) is 3.22. The van der Waals surface area contributed by atoms with E-state index in [1.54, 1.807) is 5.56 Å². The Kier molecular flexibility index (Phi) is 2.87. The van der Waals surface area contributed by atoms with Gasteiger partial charge in [-0.2, -0.15) is 0 Å². The van der Waals surface area contributed by atoms with Crippen molar-refractivity contribution in [3.05, 3.63) is 34.9 Å². The molecule has 1 aliphatic rings. The summed E-state index contributed by atoms with van der Waals surface area (Å²) in [6.45, 7) is 8.02. The monoisotopic (exact) mass is 189 g/mol. The lowest BCUT2D eigenvalue weighted by Crippen LogP contribution is -2.30. The second-order valence-electron chi connectivity index (χ2n) is 4.08. The largest absolute Gasteiger partial charge is 0.299 e. The van der Waals surface area contributed by atoms with Crippen molar-refractivity contribution in [2.45, 2.75) is 33.2 Å². The van der Waals surface area contributed by atoms with Gasteiger partial charge >= 0.3 is 0 Å². The number of fused-ring (bicyclic) bond motifs is 1. The number of benzene rings is 1. The summed E-state index contributed by atoms with van der Waals surface area (Å²) < 4.78 is 0. The summed E-state index contributed by atoms with van der Waals surface area (Å²) in [5.41, 5.74) is 4.60. The van der Waals surface area contributed by atoms with Crippen molar-refractivity contribution in [3.63, 3.8) is 0 Å². The predicted molar refractivity (Wildman–Crippen MR) is 60.5 cm³/mol. The van der Waals surface area contributed by atoms with E-state index in [9.17, 15) is 0 Å². The Hall–Kier alpha value is -0.820. The van der Waals surface area contributed by atoms with Crippen LogP contribution in [-0.4, -0.2) is 18.0 Å². The zero-order valence-corrected chi connectivity index (χ0v) is 9.21. The number of likely N-dealkylation sites (N-methyl/N-ethyl adjacent to an activating group) is 1. The van der Waals surface area contributed by atoms with Crippen molar-refractivity contribution in [3.8, 4) is 0 Å². The lowest BCUT2D eigenvalue weighted by atomic mass is 9.96. The first-order valence-electron chi connectivity index (χ1n) is 5.66. The van der Waals surface area contributed by atoms with Crippen LogP contribution in [0.15, 0.2) is 18.2 Å². The molecule has 1 aliphatic heterocycles. The van der Waals surface area contributed by atoms with Crippen molar-refractivity contribution in [2.75, 3.05) is 13.1 Å². The fraction of sp³-hybridized carbons (Fsp3) is 0.538. The molecule has 0 amide bonds. The Morgan fingerprint density at radius 1 is 1.21 bits per heavy atom. The van der Waals surface area contributed by atoms with Gasteiger partial charge in [-0.3, -0.25) is 4.90 Å². The highest BCUT2D eigenvalue weighted by Gasteiger charge is 2.14. The van der Waals surface area contributed by atoms with Crippen LogP contribution in [-0.2, 0) is 19.4 Å². The lowest BCUT2D eigenvalue weighted by molar-refractivity contribution is 0.268. The van der Waals surface area contributed by atoms with Gasteiger partial charge in [0.2, 0.25) is 0 Å². The molecular formula is C13H19N. The lowest BCUT2D eigenvalue weighted by Gasteiger charge is -2.27. The van der Waals surface area contributed by atoms with E-state index in [0.717, 1.165) is 13.0 Å². The molecule has 0 fully saturated rings. The average molecular weight is 189 g/mol. The van der Waals surface area contributed by atoms with Crippen LogP contribution in [0.4, 0.5) is 0 Å². The van der Waals surface area contributed by atoms with Gasteiger partial charge in [0.15, 0.2) is 0 Å². The molecule has 0 bridgehead atoms. The Morgan fingerprint density at radius 3 is 2.79 bits per heavy atom. The number of hydrogen-bond acceptors (Lipinski definition) is 1. The van der Waals surface area contributed by atoms with Crippen LogP contribution in [0.25, 0.3) is 0 Å². The second-order valence-corrected chi connectivity index (χ2v) is 4.08. The van der Waals surface area contributed by atoms with E-state index in [4.69, 9.17) is 0 Å². The maximum atomic E-state index is 2.51. The SMILES string of the molecule is CCc1ccc2c(c1)CCN(CC)C2. The first-order chi connectivity index (χ1) is 6.83. The quantitative estimate of drug-likeness (QED) is 0.691. The maximum absolute atomic E-state index is 2.51. The van der Waals surface area contributed by atoms with Crippen molar-refractivity contribution in [1.29, 1.82) is 0 Å². The molecule has 0 aromatic heterocycles. The van der Waals surface area contributed by atoms with E-state index in [2.05, 4.69) is 36.9 Å². The molecule has 1 aromatic carbocycles. The number of aryl methyl sites for hydroxylation is 1. The predicted octanol–water partition coefficient (Wildman–Crippen LogP) is 2.63. The van der Waals surface area contributed by atoms with Gasteiger partial charge in [-0.1, -0.05) is 32.0 Å². The summed E-state index contributed by atoms with van der Waals surface area (Å²) in [5, 5.41) is 0. The van der Waals surface area contributed by atoms with Gasteiger partial charge in [0.25, 0.3) is 0 Å². The third-order valence-corrected chi connectivity index (χ3v) is 3.22. The summed E-state index contributed by atoms with van der Waals surface area (Å²) in [5.74, 6) is 0. The van der Waals surface area contributed by atoms with Gasteiger partial charge in [0.1, 0.15) is 0 Å². The van der Waals surface area contributed by atoms with Crippen LogP contribution >= 0.6 is 0 Å². The summed E-state index contributed by atoms with van der Waals surface area (Å²) in [7, 11) is 0. The van der Waals surface area contributed by atoms with Gasteiger partial charge in [-0.15, -0.1) is 0 Å². The number of rotatable bonds is 2. The van der Waals surface area contributed by atoms with Crippen molar-refractivity contribution >= 4 is 0 Å². The summed E-state index contributed by atoms with van der Waals surface area (Å²) in [6.07, 6.45) is 2.39. The van der Waals surface area contributed by atoms with Crippen molar-refractivity contribution in [2.24, 2.45) is 0 Å². The summed E-state index contributed by atoms with van der Waals surface area (Å²) in [6, 6.07) is 6.98. The fourth-order valence-electron chi connectivity index (χ4n) is 2.15. The Morgan fingerprint density at radius 2 is 2.07 bits per heavy atom. The highest BCUT2D eigenvalue weighted by Crippen LogP contribution is 2.20. The highest BCUT2D eigenvalue weighted by molar-refractivity contribution is 5.33. The third kappa shape index (κ3) is 1.83. The van der Waals surface area contributed by atoms with Crippen LogP contribution in [0.2, 0.25) is 0 Å². The van der Waals surface area contributed by atoms with Crippen LogP contribution < -0.4 is 0 Å². The topological polar surface area (TPSA) is 3.24 Å². The summed E-state index contributed by atoms with van der Waals surface area (Å²) in [4.78, 5) is 2.51. The number of nitrogens with zero attached hydrogens (tertiary/aromatic N) is 1. The molecule has 1 heteroatoms. The minimum Gasteiger partial charge on any atom is -0.299 e. The first-order valence-corrected chi connectivity index (χ1v) is 5.66. The molecule has 1 heterocycles. The van der Waals surface area contributed by atoms with Gasteiger partial charge in [0, 0.05) is 13.1 Å². The molecule has 0 spiro atoms.